The molecule has 0 radical (unpaired) electrons. The lowest BCUT2D eigenvalue weighted by Crippen LogP contribution is -2.37. The van der Waals surface area contributed by atoms with Gasteiger partial charge in [0.15, 0.2) is 17.3 Å². The molecular formula is C33H33FN4O4. The van der Waals surface area contributed by atoms with Crippen LogP contribution in [0.25, 0.3) is 27.7 Å². The maximum Gasteiger partial charge on any atom is 0.256 e. The van der Waals surface area contributed by atoms with E-state index in [9.17, 15) is 9.59 Å². The van der Waals surface area contributed by atoms with Crippen molar-refractivity contribution in [2.24, 2.45) is 5.92 Å². The molecule has 1 saturated carbocycles. The maximum absolute atomic E-state index is 15.7. The van der Waals surface area contributed by atoms with Crippen LogP contribution in [0.3, 0.4) is 0 Å². The van der Waals surface area contributed by atoms with Gasteiger partial charge in [-0.15, -0.1) is 0 Å². The van der Waals surface area contributed by atoms with Crippen LogP contribution in [0, 0.1) is 11.7 Å². The molecule has 0 unspecified atom stereocenters. The van der Waals surface area contributed by atoms with Gasteiger partial charge < -0.3 is 24.7 Å². The van der Waals surface area contributed by atoms with Gasteiger partial charge in [-0.1, -0.05) is 36.4 Å². The van der Waals surface area contributed by atoms with E-state index in [4.69, 9.17) is 9.47 Å². The Bertz CT molecular complexity index is 1710. The average molecular weight is 569 g/mol. The second-order valence-electron chi connectivity index (χ2n) is 11.2. The number of morpholine rings is 1. The summed E-state index contributed by atoms with van der Waals surface area (Å²) in [6.07, 6.45) is 4.53. The molecule has 3 heterocycles. The number of carbonyl (C=O) groups excluding carboxylic acids is 1. The predicted octanol–water partition coefficient (Wildman–Crippen LogP) is 5.18. The topological polar surface area (TPSA) is 84.8 Å². The molecule has 1 aromatic heterocycles. The van der Waals surface area contributed by atoms with Crippen molar-refractivity contribution in [3.63, 3.8) is 0 Å². The summed E-state index contributed by atoms with van der Waals surface area (Å²) in [4.78, 5) is 29.2. The largest absolute Gasteiger partial charge is 0.451 e. The minimum absolute atomic E-state index is 0.0160. The van der Waals surface area contributed by atoms with Crippen LogP contribution < -0.4 is 20.8 Å². The number of pyridine rings is 1. The molecule has 0 atom stereocenters. The van der Waals surface area contributed by atoms with Crippen LogP contribution in [0.1, 0.15) is 29.6 Å². The molecule has 2 N–H and O–H groups in total. The van der Waals surface area contributed by atoms with Gasteiger partial charge in [0.2, 0.25) is 5.43 Å². The molecule has 7 rings (SSSR count). The van der Waals surface area contributed by atoms with E-state index < -0.39 is 17.2 Å². The number of aromatic nitrogens is 1. The van der Waals surface area contributed by atoms with E-state index in [1.54, 1.807) is 6.20 Å². The van der Waals surface area contributed by atoms with Gasteiger partial charge in [0.1, 0.15) is 16.8 Å². The normalized spacial score (nSPS) is 16.1. The Balaban J connectivity index is 1.30. The third kappa shape index (κ3) is 5.14. The summed E-state index contributed by atoms with van der Waals surface area (Å²) in [5.74, 6) is 0.181. The van der Waals surface area contributed by atoms with Crippen molar-refractivity contribution in [3.05, 3.63) is 82.4 Å². The molecule has 1 amide bonds. The summed E-state index contributed by atoms with van der Waals surface area (Å²) < 4.78 is 29.3. The van der Waals surface area contributed by atoms with E-state index in [1.165, 1.54) is 6.07 Å². The van der Waals surface area contributed by atoms with E-state index in [-0.39, 0.29) is 22.4 Å². The number of anilines is 1. The molecule has 1 saturated heterocycles. The first kappa shape index (κ1) is 26.7. The highest BCUT2D eigenvalue weighted by atomic mass is 19.1. The van der Waals surface area contributed by atoms with E-state index in [2.05, 4.69) is 15.5 Å². The number of carbonyl (C=O) groups is 1. The number of fused-ring (bicyclic) bond motifs is 2. The number of halogens is 1. The van der Waals surface area contributed by atoms with Crippen LogP contribution in [0.4, 0.5) is 10.1 Å². The third-order valence-corrected chi connectivity index (χ3v) is 8.28. The van der Waals surface area contributed by atoms with E-state index >= 15 is 4.39 Å². The van der Waals surface area contributed by atoms with Crippen LogP contribution in [0.5, 0.6) is 11.5 Å². The summed E-state index contributed by atoms with van der Waals surface area (Å²) in [7, 11) is 0. The SMILES string of the molecule is O=C(NCC1CC1)c1cn2c3c(c(NCCCN4CCOCC4)c(F)cc3c1=O)Oc1ccc(-c3ccccc3)cc1-2. The zero-order chi connectivity index (χ0) is 28.6. The van der Waals surface area contributed by atoms with E-state index in [1.807, 2.05) is 53.1 Å². The highest BCUT2D eigenvalue weighted by Gasteiger charge is 2.29. The summed E-state index contributed by atoms with van der Waals surface area (Å²) in [5.41, 5.74) is 2.77. The Morgan fingerprint density at radius 2 is 1.83 bits per heavy atom. The molecule has 9 heteroatoms. The molecular weight excluding hydrogens is 535 g/mol. The Labute approximate surface area is 243 Å². The molecule has 3 aliphatic rings. The van der Waals surface area contributed by atoms with Gasteiger partial charge in [-0.2, -0.15) is 0 Å². The van der Waals surface area contributed by atoms with Crippen molar-refractivity contribution < 1.29 is 18.7 Å². The zero-order valence-electron chi connectivity index (χ0n) is 23.3. The Morgan fingerprint density at radius 1 is 1.02 bits per heavy atom. The highest BCUT2D eigenvalue weighted by Crippen LogP contribution is 2.46. The van der Waals surface area contributed by atoms with Gasteiger partial charge in [-0.3, -0.25) is 14.5 Å². The number of nitrogens with one attached hydrogen (secondary N) is 2. The average Bonchev–Trinajstić information content (AvgIpc) is 3.86. The second kappa shape index (κ2) is 11.2. The lowest BCUT2D eigenvalue weighted by atomic mass is 10.0. The Kier molecular flexibility index (Phi) is 7.13. The van der Waals surface area contributed by atoms with E-state index in [0.717, 1.165) is 63.2 Å². The fourth-order valence-corrected chi connectivity index (χ4v) is 5.75. The lowest BCUT2D eigenvalue weighted by molar-refractivity contribution is 0.0378. The molecule has 4 aromatic rings. The van der Waals surface area contributed by atoms with Crippen LogP contribution in [0.2, 0.25) is 0 Å². The fraction of sp³-hybridized carbons (Fsp3) is 0.333. The van der Waals surface area contributed by atoms with Crippen LogP contribution >= 0.6 is 0 Å². The number of benzene rings is 3. The number of amides is 1. The van der Waals surface area contributed by atoms with Crippen LogP contribution in [-0.2, 0) is 4.74 Å². The minimum atomic E-state index is -0.590. The van der Waals surface area contributed by atoms with Crippen LogP contribution in [-0.4, -0.2) is 61.3 Å². The first-order valence-corrected chi connectivity index (χ1v) is 14.7. The Hall–Kier alpha value is -4.21. The van der Waals surface area contributed by atoms with Crippen molar-refractivity contribution in [2.45, 2.75) is 19.3 Å². The molecule has 8 nitrogen and oxygen atoms in total. The summed E-state index contributed by atoms with van der Waals surface area (Å²) in [5, 5.41) is 6.24. The molecule has 3 aromatic carbocycles. The van der Waals surface area contributed by atoms with Gasteiger partial charge in [-0.05, 0) is 61.1 Å². The number of rotatable bonds is 9. The molecule has 2 fully saturated rings. The first-order valence-electron chi connectivity index (χ1n) is 14.7. The first-order chi connectivity index (χ1) is 20.6. The predicted molar refractivity (Wildman–Crippen MR) is 160 cm³/mol. The number of hydrogen-bond donors (Lipinski definition) is 2. The van der Waals surface area contributed by atoms with Gasteiger partial charge in [0.25, 0.3) is 5.91 Å². The summed E-state index contributed by atoms with van der Waals surface area (Å²) >= 11 is 0. The molecule has 0 spiro atoms. The maximum atomic E-state index is 15.7. The summed E-state index contributed by atoms with van der Waals surface area (Å²) in [6.45, 7) is 5.18. The molecule has 216 valence electrons. The zero-order valence-corrected chi connectivity index (χ0v) is 23.3. The Morgan fingerprint density at radius 3 is 2.62 bits per heavy atom. The van der Waals surface area contributed by atoms with Crippen LogP contribution in [0.15, 0.2) is 65.6 Å². The molecule has 0 bridgehead atoms. The number of ether oxygens (including phenoxy) is 2. The number of nitrogens with zero attached hydrogens (tertiary/aromatic N) is 2. The lowest BCUT2D eigenvalue weighted by Gasteiger charge is -2.28. The van der Waals surface area contributed by atoms with Crippen molar-refractivity contribution in [3.8, 4) is 28.3 Å². The van der Waals surface area contributed by atoms with Crippen molar-refractivity contribution >= 4 is 22.5 Å². The monoisotopic (exact) mass is 568 g/mol. The minimum Gasteiger partial charge on any atom is -0.451 e. The van der Waals surface area contributed by atoms with Gasteiger partial charge in [0.05, 0.1) is 24.3 Å². The molecule has 42 heavy (non-hydrogen) atoms. The highest BCUT2D eigenvalue weighted by molar-refractivity contribution is 6.01. The van der Waals surface area contributed by atoms with Gasteiger partial charge in [-0.25, -0.2) is 4.39 Å². The van der Waals surface area contributed by atoms with Gasteiger partial charge in [0, 0.05) is 32.4 Å². The van der Waals surface area contributed by atoms with Crippen molar-refractivity contribution in [2.75, 3.05) is 51.3 Å². The molecule has 2 aliphatic heterocycles. The third-order valence-electron chi connectivity index (χ3n) is 8.28. The fourth-order valence-electron chi connectivity index (χ4n) is 5.75. The standard InChI is InChI=1S/C33H33FN4O4/c34-26-18-24-30-32(29(26)35-11-4-12-37-13-15-41-16-14-37)42-28-10-9-23(22-5-2-1-3-6-22)17-27(28)38(30)20-25(31(24)39)33(40)36-19-21-7-8-21/h1-3,5-6,9-10,17-18,20-21,35H,4,7-8,11-16,19H2,(H,36,40). The smallest absolute Gasteiger partial charge is 0.256 e. The van der Waals surface area contributed by atoms with Crippen molar-refractivity contribution in [1.29, 1.82) is 0 Å². The van der Waals surface area contributed by atoms with Crippen molar-refractivity contribution in [1.82, 2.24) is 14.8 Å². The second-order valence-corrected chi connectivity index (χ2v) is 11.2. The van der Waals surface area contributed by atoms with Gasteiger partial charge >= 0.3 is 0 Å². The quantitative estimate of drug-likeness (QED) is 0.239. The summed E-state index contributed by atoms with van der Waals surface area (Å²) in [6, 6.07) is 17.0. The van der Waals surface area contributed by atoms with E-state index in [0.29, 0.717) is 36.0 Å². The number of hydrogen-bond acceptors (Lipinski definition) is 6. The molecule has 1 aliphatic carbocycles.